The van der Waals surface area contributed by atoms with Gasteiger partial charge in [0, 0.05) is 60.4 Å². The van der Waals surface area contributed by atoms with Gasteiger partial charge in [0.2, 0.25) is 0 Å². The summed E-state index contributed by atoms with van der Waals surface area (Å²) in [4.78, 5) is 22.7. The number of piperazine rings is 1. The second-order valence-electron chi connectivity index (χ2n) is 7.17. The molecule has 8 heteroatoms. The molecule has 0 spiro atoms. The van der Waals surface area contributed by atoms with Gasteiger partial charge in [-0.2, -0.15) is 0 Å². The number of thiazole rings is 1. The molecule has 152 valence electrons. The average Bonchev–Trinajstić information content (AvgIpc) is 3.34. The van der Waals surface area contributed by atoms with Gasteiger partial charge in [0.15, 0.2) is 0 Å². The Labute approximate surface area is 178 Å². The zero-order chi connectivity index (χ0) is 20.2. The van der Waals surface area contributed by atoms with Crippen molar-refractivity contribution in [1.29, 1.82) is 0 Å². The van der Waals surface area contributed by atoms with Gasteiger partial charge in [-0.15, -0.1) is 23.1 Å². The predicted octanol–water partition coefficient (Wildman–Crippen LogP) is 4.00. The van der Waals surface area contributed by atoms with Crippen LogP contribution in [0.1, 0.15) is 32.5 Å². The molecule has 3 aromatic rings. The van der Waals surface area contributed by atoms with Gasteiger partial charge in [-0.3, -0.25) is 9.69 Å². The van der Waals surface area contributed by atoms with E-state index in [1.54, 1.807) is 23.1 Å². The number of thioether (sulfide) groups is 1. The molecule has 29 heavy (non-hydrogen) atoms. The molecule has 0 aliphatic carbocycles. The van der Waals surface area contributed by atoms with Gasteiger partial charge >= 0.3 is 0 Å². The first-order valence-electron chi connectivity index (χ1n) is 9.64. The molecule has 2 aromatic heterocycles. The van der Waals surface area contributed by atoms with E-state index in [1.807, 2.05) is 49.1 Å². The minimum absolute atomic E-state index is 0.105. The Morgan fingerprint density at radius 2 is 1.90 bits per heavy atom. The van der Waals surface area contributed by atoms with E-state index in [-0.39, 0.29) is 5.91 Å². The Kier molecular flexibility index (Phi) is 6.32. The molecule has 1 amide bonds. The number of carbonyl (C=O) groups excluding carboxylic acids is 1. The highest BCUT2D eigenvalue weighted by Gasteiger charge is 2.22. The fraction of sp³-hybridized carbons (Fsp3) is 0.381. The van der Waals surface area contributed by atoms with E-state index in [0.717, 1.165) is 71.1 Å². The highest BCUT2D eigenvalue weighted by Crippen LogP contribution is 2.24. The topological polar surface area (TPSA) is 62.5 Å². The van der Waals surface area contributed by atoms with E-state index in [2.05, 4.69) is 20.4 Å². The highest BCUT2D eigenvalue weighted by molar-refractivity contribution is 7.98. The van der Waals surface area contributed by atoms with E-state index in [1.165, 1.54) is 0 Å². The Morgan fingerprint density at radius 1 is 1.14 bits per heavy atom. The van der Waals surface area contributed by atoms with Crippen molar-refractivity contribution in [2.45, 2.75) is 31.0 Å². The molecule has 0 bridgehead atoms. The first-order chi connectivity index (χ1) is 14.1. The standard InChI is InChI=1S/C21H24N4O2S2/c1-15-11-18(23-27-15)12-24-7-9-25(10-8-24)21(26)17-3-5-20(6-4-17)29-14-19-13-28-16(2)22-19/h3-6,11,13H,7-10,12,14H2,1-2H3. The van der Waals surface area contributed by atoms with Crippen LogP contribution in [0.4, 0.5) is 0 Å². The van der Waals surface area contributed by atoms with Crippen LogP contribution in [0.2, 0.25) is 0 Å². The van der Waals surface area contributed by atoms with Gasteiger partial charge < -0.3 is 9.42 Å². The van der Waals surface area contributed by atoms with Crippen molar-refractivity contribution in [1.82, 2.24) is 19.9 Å². The van der Waals surface area contributed by atoms with E-state index in [9.17, 15) is 4.79 Å². The highest BCUT2D eigenvalue weighted by atomic mass is 32.2. The van der Waals surface area contributed by atoms with Gasteiger partial charge in [0.25, 0.3) is 5.91 Å². The number of amides is 1. The number of nitrogens with zero attached hydrogens (tertiary/aromatic N) is 4. The second-order valence-corrected chi connectivity index (χ2v) is 9.28. The lowest BCUT2D eigenvalue weighted by atomic mass is 10.2. The van der Waals surface area contributed by atoms with E-state index in [4.69, 9.17) is 4.52 Å². The molecule has 1 aliphatic heterocycles. The van der Waals surface area contributed by atoms with Gasteiger partial charge in [-0.25, -0.2) is 4.98 Å². The van der Waals surface area contributed by atoms with Crippen LogP contribution in [-0.2, 0) is 12.3 Å². The maximum Gasteiger partial charge on any atom is 0.253 e. The van der Waals surface area contributed by atoms with Crippen LogP contribution >= 0.6 is 23.1 Å². The molecule has 6 nitrogen and oxygen atoms in total. The van der Waals surface area contributed by atoms with Crippen molar-refractivity contribution in [2.75, 3.05) is 26.2 Å². The lowest BCUT2D eigenvalue weighted by Gasteiger charge is -2.34. The summed E-state index contributed by atoms with van der Waals surface area (Å²) in [6.45, 7) is 7.84. The minimum Gasteiger partial charge on any atom is -0.361 e. The number of hydrogen-bond acceptors (Lipinski definition) is 7. The maximum atomic E-state index is 12.8. The van der Waals surface area contributed by atoms with Crippen LogP contribution in [-0.4, -0.2) is 52.0 Å². The monoisotopic (exact) mass is 428 g/mol. The average molecular weight is 429 g/mol. The number of aromatic nitrogens is 2. The van der Waals surface area contributed by atoms with E-state index < -0.39 is 0 Å². The Bertz CT molecular complexity index is 959. The lowest BCUT2D eigenvalue weighted by molar-refractivity contribution is 0.0625. The molecule has 0 saturated carbocycles. The number of aryl methyl sites for hydroxylation is 2. The van der Waals surface area contributed by atoms with Crippen molar-refractivity contribution < 1.29 is 9.32 Å². The number of benzene rings is 1. The Morgan fingerprint density at radius 3 is 2.52 bits per heavy atom. The summed E-state index contributed by atoms with van der Waals surface area (Å²) in [5.41, 5.74) is 2.80. The Hall–Kier alpha value is -2.16. The van der Waals surface area contributed by atoms with Crippen molar-refractivity contribution >= 4 is 29.0 Å². The first kappa shape index (κ1) is 20.1. The normalized spacial score (nSPS) is 15.0. The van der Waals surface area contributed by atoms with E-state index in [0.29, 0.717) is 0 Å². The molecule has 1 fully saturated rings. The molecule has 3 heterocycles. The first-order valence-corrected chi connectivity index (χ1v) is 11.5. The third-order valence-corrected chi connectivity index (χ3v) is 6.74. The van der Waals surface area contributed by atoms with Gasteiger partial charge in [0.05, 0.1) is 16.4 Å². The summed E-state index contributed by atoms with van der Waals surface area (Å²) in [6.07, 6.45) is 0. The smallest absolute Gasteiger partial charge is 0.253 e. The predicted molar refractivity (Wildman–Crippen MR) is 115 cm³/mol. The Balaban J connectivity index is 1.27. The van der Waals surface area contributed by atoms with Crippen molar-refractivity contribution in [3.05, 3.63) is 63.4 Å². The maximum absolute atomic E-state index is 12.8. The molecule has 1 aliphatic rings. The van der Waals surface area contributed by atoms with Gasteiger partial charge in [0.1, 0.15) is 5.76 Å². The van der Waals surface area contributed by atoms with Crippen LogP contribution in [0.3, 0.4) is 0 Å². The van der Waals surface area contributed by atoms with Gasteiger partial charge in [-0.1, -0.05) is 5.16 Å². The van der Waals surface area contributed by atoms with E-state index >= 15 is 0 Å². The summed E-state index contributed by atoms with van der Waals surface area (Å²) >= 11 is 3.42. The molecule has 1 saturated heterocycles. The van der Waals surface area contributed by atoms with Crippen LogP contribution in [0.25, 0.3) is 0 Å². The van der Waals surface area contributed by atoms with Gasteiger partial charge in [-0.05, 0) is 38.1 Å². The fourth-order valence-electron chi connectivity index (χ4n) is 3.34. The molecular weight excluding hydrogens is 404 g/mol. The van der Waals surface area contributed by atoms with Crippen LogP contribution in [0, 0.1) is 13.8 Å². The summed E-state index contributed by atoms with van der Waals surface area (Å²) < 4.78 is 5.13. The summed E-state index contributed by atoms with van der Waals surface area (Å²) in [7, 11) is 0. The van der Waals surface area contributed by atoms with Crippen LogP contribution in [0.5, 0.6) is 0 Å². The summed E-state index contributed by atoms with van der Waals surface area (Å²) in [6, 6.07) is 9.89. The molecule has 0 N–H and O–H groups in total. The molecule has 4 rings (SSSR count). The number of rotatable bonds is 6. The SMILES string of the molecule is Cc1cc(CN2CCN(C(=O)c3ccc(SCc4csc(C)n4)cc3)CC2)no1. The van der Waals surface area contributed by atoms with Crippen LogP contribution in [0.15, 0.2) is 45.1 Å². The zero-order valence-electron chi connectivity index (χ0n) is 16.6. The zero-order valence-corrected chi connectivity index (χ0v) is 18.3. The number of carbonyl (C=O) groups is 1. The number of hydrogen-bond donors (Lipinski definition) is 0. The molecular formula is C21H24N4O2S2. The fourth-order valence-corrected chi connectivity index (χ4v) is 4.85. The summed E-state index contributed by atoms with van der Waals surface area (Å²) in [5, 5.41) is 7.25. The molecule has 0 radical (unpaired) electrons. The third-order valence-electron chi connectivity index (χ3n) is 4.88. The van der Waals surface area contributed by atoms with Crippen molar-refractivity contribution in [2.24, 2.45) is 0 Å². The minimum atomic E-state index is 0.105. The van der Waals surface area contributed by atoms with Crippen LogP contribution < -0.4 is 0 Å². The van der Waals surface area contributed by atoms with Crippen molar-refractivity contribution in [3.63, 3.8) is 0 Å². The summed E-state index contributed by atoms with van der Waals surface area (Å²) in [5.74, 6) is 1.79. The molecule has 0 atom stereocenters. The third kappa shape index (κ3) is 5.26. The largest absolute Gasteiger partial charge is 0.361 e. The quantitative estimate of drug-likeness (QED) is 0.553. The lowest BCUT2D eigenvalue weighted by Crippen LogP contribution is -2.48. The van der Waals surface area contributed by atoms with Crippen molar-refractivity contribution in [3.8, 4) is 0 Å². The molecule has 1 aromatic carbocycles. The molecule has 0 unspecified atom stereocenters. The second kappa shape index (κ2) is 9.11.